The maximum atomic E-state index is 11.3. The second-order valence-electron chi connectivity index (χ2n) is 5.94. The van der Waals surface area contributed by atoms with Crippen LogP contribution >= 0.6 is 0 Å². The molecule has 0 amide bonds. The van der Waals surface area contributed by atoms with E-state index in [0.29, 0.717) is 5.92 Å². The lowest BCUT2D eigenvalue weighted by atomic mass is 9.70. The summed E-state index contributed by atoms with van der Waals surface area (Å²) >= 11 is 0. The Morgan fingerprint density at radius 1 is 1.47 bits per heavy atom. The van der Waals surface area contributed by atoms with E-state index in [4.69, 9.17) is 4.74 Å². The van der Waals surface area contributed by atoms with Crippen molar-refractivity contribution < 1.29 is 9.53 Å². The Labute approximate surface area is 91.7 Å². The maximum absolute atomic E-state index is 11.3. The highest BCUT2D eigenvalue weighted by molar-refractivity contribution is 5.81. The lowest BCUT2D eigenvalue weighted by Crippen LogP contribution is -2.43. The maximum Gasteiger partial charge on any atom is 0.330 e. The van der Waals surface area contributed by atoms with Gasteiger partial charge in [0.1, 0.15) is 6.10 Å². The molecule has 84 valence electrons. The molecule has 0 radical (unpaired) electrons. The normalized spacial score (nSPS) is 41.5. The summed E-state index contributed by atoms with van der Waals surface area (Å²) in [5.41, 5.74) is 0.332. The summed E-state index contributed by atoms with van der Waals surface area (Å²) in [6.07, 6.45) is 5.01. The fourth-order valence-electron chi connectivity index (χ4n) is 3.71. The lowest BCUT2D eigenvalue weighted by molar-refractivity contribution is -0.158. The van der Waals surface area contributed by atoms with Crippen molar-refractivity contribution in [1.29, 1.82) is 0 Å². The minimum atomic E-state index is -0.276. The van der Waals surface area contributed by atoms with E-state index in [1.54, 1.807) is 0 Å². The molecule has 0 saturated heterocycles. The standard InChI is InChI=1S/C13H20O2/c1-5-10(14)15-11-12(2,3)9-6-7-13(11,4)8-9/h5,9,11H,1,6-8H2,2-4H3/t9-,11-,13+/m0/s1. The molecule has 0 heterocycles. The van der Waals surface area contributed by atoms with Crippen molar-refractivity contribution in [2.24, 2.45) is 16.7 Å². The molecule has 0 aromatic rings. The predicted octanol–water partition coefficient (Wildman–Crippen LogP) is 2.93. The molecule has 2 aliphatic rings. The van der Waals surface area contributed by atoms with E-state index in [-0.39, 0.29) is 22.9 Å². The van der Waals surface area contributed by atoms with Crippen LogP contribution in [-0.2, 0) is 9.53 Å². The van der Waals surface area contributed by atoms with E-state index in [1.807, 2.05) is 0 Å². The van der Waals surface area contributed by atoms with Crippen LogP contribution in [0.2, 0.25) is 0 Å². The van der Waals surface area contributed by atoms with Gasteiger partial charge in [0.2, 0.25) is 0 Å². The molecule has 2 heteroatoms. The summed E-state index contributed by atoms with van der Waals surface area (Å²) in [7, 11) is 0. The zero-order valence-corrected chi connectivity index (χ0v) is 9.88. The Bertz CT molecular complexity index is 301. The SMILES string of the molecule is C=CC(=O)O[C@H]1C(C)(C)[C@H]2CC[C@]1(C)C2. The molecular formula is C13H20O2. The predicted molar refractivity (Wildman–Crippen MR) is 59.3 cm³/mol. The molecule has 2 nitrogen and oxygen atoms in total. The van der Waals surface area contributed by atoms with Gasteiger partial charge in [0.05, 0.1) is 0 Å². The third kappa shape index (κ3) is 1.42. The summed E-state index contributed by atoms with van der Waals surface area (Å²) in [4.78, 5) is 11.3. The summed E-state index contributed by atoms with van der Waals surface area (Å²) < 4.78 is 5.56. The van der Waals surface area contributed by atoms with Crippen molar-refractivity contribution >= 4 is 5.97 Å². The van der Waals surface area contributed by atoms with Crippen LogP contribution in [-0.4, -0.2) is 12.1 Å². The Morgan fingerprint density at radius 3 is 2.60 bits per heavy atom. The van der Waals surface area contributed by atoms with Crippen LogP contribution in [0, 0.1) is 16.7 Å². The van der Waals surface area contributed by atoms with Gasteiger partial charge in [-0.2, -0.15) is 0 Å². The Balaban J connectivity index is 2.22. The molecule has 0 aliphatic heterocycles. The van der Waals surface area contributed by atoms with Crippen LogP contribution in [0.1, 0.15) is 40.0 Å². The fraction of sp³-hybridized carbons (Fsp3) is 0.769. The highest BCUT2D eigenvalue weighted by Gasteiger charge is 2.61. The third-order valence-corrected chi connectivity index (χ3v) is 4.54. The van der Waals surface area contributed by atoms with Gasteiger partial charge in [-0.05, 0) is 25.2 Å². The van der Waals surface area contributed by atoms with Crippen LogP contribution in [0.3, 0.4) is 0 Å². The van der Waals surface area contributed by atoms with E-state index >= 15 is 0 Å². The molecule has 2 fully saturated rings. The summed E-state index contributed by atoms with van der Waals surface area (Å²) in [6.45, 7) is 10.2. The van der Waals surface area contributed by atoms with Gasteiger partial charge in [-0.3, -0.25) is 0 Å². The minimum Gasteiger partial charge on any atom is -0.458 e. The Kier molecular flexibility index (Phi) is 2.21. The molecule has 0 aromatic carbocycles. The van der Waals surface area contributed by atoms with Crippen LogP contribution in [0.5, 0.6) is 0 Å². The first-order valence-electron chi connectivity index (χ1n) is 5.73. The smallest absolute Gasteiger partial charge is 0.330 e. The van der Waals surface area contributed by atoms with Crippen molar-refractivity contribution in [2.45, 2.75) is 46.1 Å². The van der Waals surface area contributed by atoms with E-state index in [0.717, 1.165) is 0 Å². The zero-order valence-electron chi connectivity index (χ0n) is 9.88. The molecule has 2 rings (SSSR count). The van der Waals surface area contributed by atoms with Gasteiger partial charge in [0.25, 0.3) is 0 Å². The molecule has 2 bridgehead atoms. The molecule has 0 aromatic heterocycles. The molecule has 0 unspecified atom stereocenters. The topological polar surface area (TPSA) is 26.3 Å². The zero-order chi connectivity index (χ0) is 11.3. The minimum absolute atomic E-state index is 0.0641. The first-order chi connectivity index (χ1) is 6.90. The molecule has 0 N–H and O–H groups in total. The highest BCUT2D eigenvalue weighted by atomic mass is 16.5. The molecule has 15 heavy (non-hydrogen) atoms. The molecule has 2 aliphatic carbocycles. The summed E-state index contributed by atoms with van der Waals surface area (Å²) in [5.74, 6) is 0.437. The van der Waals surface area contributed by atoms with E-state index in [1.165, 1.54) is 25.3 Å². The molecule has 2 saturated carbocycles. The highest BCUT2D eigenvalue weighted by Crippen LogP contribution is 2.63. The first kappa shape index (κ1) is 10.7. The second-order valence-corrected chi connectivity index (χ2v) is 5.94. The largest absolute Gasteiger partial charge is 0.458 e. The van der Waals surface area contributed by atoms with Gasteiger partial charge in [0, 0.05) is 16.9 Å². The first-order valence-corrected chi connectivity index (χ1v) is 5.73. The van der Waals surface area contributed by atoms with Crippen molar-refractivity contribution in [3.8, 4) is 0 Å². The van der Waals surface area contributed by atoms with Gasteiger partial charge in [-0.25, -0.2) is 4.79 Å². The van der Waals surface area contributed by atoms with Crippen molar-refractivity contribution in [3.05, 3.63) is 12.7 Å². The number of fused-ring (bicyclic) bond motifs is 2. The van der Waals surface area contributed by atoms with E-state index in [2.05, 4.69) is 27.4 Å². The molecule has 0 spiro atoms. The van der Waals surface area contributed by atoms with Crippen LogP contribution < -0.4 is 0 Å². The van der Waals surface area contributed by atoms with Gasteiger partial charge >= 0.3 is 5.97 Å². The lowest BCUT2D eigenvalue weighted by Gasteiger charge is -2.41. The summed E-state index contributed by atoms with van der Waals surface area (Å²) in [6, 6.07) is 0. The number of hydrogen-bond donors (Lipinski definition) is 0. The molecular weight excluding hydrogens is 188 g/mol. The number of hydrogen-bond acceptors (Lipinski definition) is 2. The number of ether oxygens (including phenoxy) is 1. The number of rotatable bonds is 2. The van der Waals surface area contributed by atoms with E-state index < -0.39 is 0 Å². The Hall–Kier alpha value is -0.790. The van der Waals surface area contributed by atoms with Crippen molar-refractivity contribution in [1.82, 2.24) is 0 Å². The average molecular weight is 208 g/mol. The van der Waals surface area contributed by atoms with Crippen LogP contribution in [0.25, 0.3) is 0 Å². The Morgan fingerprint density at radius 2 is 2.13 bits per heavy atom. The van der Waals surface area contributed by atoms with Crippen LogP contribution in [0.15, 0.2) is 12.7 Å². The average Bonchev–Trinajstić information content (AvgIpc) is 2.63. The van der Waals surface area contributed by atoms with Gasteiger partial charge < -0.3 is 4.74 Å². The van der Waals surface area contributed by atoms with Crippen LogP contribution in [0.4, 0.5) is 0 Å². The second kappa shape index (κ2) is 3.10. The van der Waals surface area contributed by atoms with Gasteiger partial charge in [0.15, 0.2) is 0 Å². The van der Waals surface area contributed by atoms with Gasteiger partial charge in [-0.15, -0.1) is 0 Å². The fourth-order valence-corrected chi connectivity index (χ4v) is 3.71. The van der Waals surface area contributed by atoms with Gasteiger partial charge in [-0.1, -0.05) is 27.4 Å². The van der Waals surface area contributed by atoms with Crippen molar-refractivity contribution in [2.75, 3.05) is 0 Å². The van der Waals surface area contributed by atoms with Crippen molar-refractivity contribution in [3.63, 3.8) is 0 Å². The third-order valence-electron chi connectivity index (χ3n) is 4.54. The monoisotopic (exact) mass is 208 g/mol. The summed E-state index contributed by atoms with van der Waals surface area (Å²) in [5, 5.41) is 0. The number of carbonyl (C=O) groups excluding carboxylic acids is 1. The quantitative estimate of drug-likeness (QED) is 0.515. The van der Waals surface area contributed by atoms with E-state index in [9.17, 15) is 4.79 Å². The molecule has 3 atom stereocenters. The number of carbonyl (C=O) groups is 1. The number of esters is 1.